The molecule has 0 bridgehead atoms. The van der Waals surface area contributed by atoms with Crippen LogP contribution in [0.1, 0.15) is 11.3 Å². The summed E-state index contributed by atoms with van der Waals surface area (Å²) in [6.45, 7) is 2.60. The quantitative estimate of drug-likeness (QED) is 0.569. The number of anilines is 3. The van der Waals surface area contributed by atoms with Crippen LogP contribution in [0.4, 0.5) is 17.5 Å². The Balaban J connectivity index is 1.58. The summed E-state index contributed by atoms with van der Waals surface area (Å²) < 4.78 is 0. The zero-order chi connectivity index (χ0) is 17.8. The molecule has 0 aliphatic rings. The van der Waals surface area contributed by atoms with Gasteiger partial charge in [0, 0.05) is 42.3 Å². The van der Waals surface area contributed by atoms with Crippen molar-refractivity contribution >= 4 is 28.4 Å². The molecule has 3 aromatic heterocycles. The Morgan fingerprint density at radius 2 is 1.85 bits per heavy atom. The van der Waals surface area contributed by atoms with Crippen molar-refractivity contribution in [3.8, 4) is 0 Å². The smallest absolute Gasteiger partial charge is 0.229 e. The van der Waals surface area contributed by atoms with Gasteiger partial charge < -0.3 is 10.6 Å². The van der Waals surface area contributed by atoms with Gasteiger partial charge >= 0.3 is 0 Å². The van der Waals surface area contributed by atoms with Crippen LogP contribution >= 0.6 is 0 Å². The lowest BCUT2D eigenvalue weighted by atomic mass is 10.2. The van der Waals surface area contributed by atoms with E-state index in [2.05, 4.69) is 30.6 Å². The molecule has 0 fully saturated rings. The Bertz CT molecular complexity index is 1030. The molecule has 0 atom stereocenters. The van der Waals surface area contributed by atoms with Crippen LogP contribution in [-0.4, -0.2) is 19.9 Å². The van der Waals surface area contributed by atoms with Crippen LogP contribution in [0, 0.1) is 6.92 Å². The average Bonchev–Trinajstić information content (AvgIpc) is 2.67. The highest BCUT2D eigenvalue weighted by molar-refractivity contribution is 5.91. The first-order valence-corrected chi connectivity index (χ1v) is 8.37. The van der Waals surface area contributed by atoms with E-state index in [9.17, 15) is 0 Å². The minimum atomic E-state index is 0.539. The fourth-order valence-electron chi connectivity index (χ4n) is 2.74. The van der Waals surface area contributed by atoms with Crippen LogP contribution in [0.3, 0.4) is 0 Å². The van der Waals surface area contributed by atoms with Crippen molar-refractivity contribution in [1.82, 2.24) is 19.9 Å². The van der Waals surface area contributed by atoms with E-state index in [0.29, 0.717) is 12.5 Å². The normalized spacial score (nSPS) is 10.7. The van der Waals surface area contributed by atoms with Crippen molar-refractivity contribution in [3.05, 3.63) is 78.4 Å². The maximum Gasteiger partial charge on any atom is 0.229 e. The van der Waals surface area contributed by atoms with E-state index in [4.69, 9.17) is 0 Å². The van der Waals surface area contributed by atoms with E-state index in [0.717, 1.165) is 33.7 Å². The lowest BCUT2D eigenvalue weighted by Gasteiger charge is -2.11. The summed E-state index contributed by atoms with van der Waals surface area (Å²) in [5.74, 6) is 1.30. The van der Waals surface area contributed by atoms with E-state index >= 15 is 0 Å². The van der Waals surface area contributed by atoms with Gasteiger partial charge in [-0.15, -0.1) is 0 Å². The molecule has 4 aromatic rings. The van der Waals surface area contributed by atoms with Gasteiger partial charge in [0.05, 0.1) is 11.2 Å². The number of fused-ring (bicyclic) bond motifs is 1. The van der Waals surface area contributed by atoms with Gasteiger partial charge in [-0.1, -0.05) is 24.3 Å². The summed E-state index contributed by atoms with van der Waals surface area (Å²) in [4.78, 5) is 17.6. The predicted octanol–water partition coefficient (Wildman–Crippen LogP) is 4.08. The van der Waals surface area contributed by atoms with E-state index in [-0.39, 0.29) is 0 Å². The number of rotatable bonds is 5. The summed E-state index contributed by atoms with van der Waals surface area (Å²) in [6, 6.07) is 15.8. The van der Waals surface area contributed by atoms with E-state index in [1.807, 2.05) is 61.7 Å². The average molecular weight is 342 g/mol. The number of hydrogen-bond donors (Lipinski definition) is 2. The maximum atomic E-state index is 4.57. The van der Waals surface area contributed by atoms with Crippen molar-refractivity contribution in [2.75, 3.05) is 10.6 Å². The fourth-order valence-corrected chi connectivity index (χ4v) is 2.74. The second-order valence-electron chi connectivity index (χ2n) is 5.94. The van der Waals surface area contributed by atoms with E-state index in [1.54, 1.807) is 12.4 Å². The Hall–Kier alpha value is -3.54. The molecule has 6 heteroatoms. The molecule has 0 saturated carbocycles. The van der Waals surface area contributed by atoms with Gasteiger partial charge in [0.25, 0.3) is 0 Å². The zero-order valence-corrected chi connectivity index (χ0v) is 14.3. The van der Waals surface area contributed by atoms with Gasteiger partial charge in [0.15, 0.2) is 0 Å². The number of hydrogen-bond acceptors (Lipinski definition) is 6. The second-order valence-corrected chi connectivity index (χ2v) is 5.94. The van der Waals surface area contributed by atoms with Crippen molar-refractivity contribution < 1.29 is 0 Å². The monoisotopic (exact) mass is 342 g/mol. The molecule has 0 unspecified atom stereocenters. The number of nitrogens with one attached hydrogen (secondary N) is 2. The summed E-state index contributed by atoms with van der Waals surface area (Å²) in [7, 11) is 0. The van der Waals surface area contributed by atoms with Gasteiger partial charge in [0.1, 0.15) is 5.82 Å². The Labute approximate surface area is 151 Å². The highest BCUT2D eigenvalue weighted by atomic mass is 15.1. The molecule has 0 aliphatic carbocycles. The van der Waals surface area contributed by atoms with Gasteiger partial charge in [-0.05, 0) is 30.7 Å². The third-order valence-corrected chi connectivity index (χ3v) is 3.93. The number of pyridine rings is 2. The number of nitrogens with zero attached hydrogens (tertiary/aromatic N) is 4. The number of para-hydroxylation sites is 1. The molecule has 2 N–H and O–H groups in total. The van der Waals surface area contributed by atoms with Crippen molar-refractivity contribution in [2.45, 2.75) is 13.5 Å². The first-order valence-electron chi connectivity index (χ1n) is 8.37. The molecule has 0 radical (unpaired) electrons. The summed E-state index contributed by atoms with van der Waals surface area (Å²) >= 11 is 0. The summed E-state index contributed by atoms with van der Waals surface area (Å²) in [6.07, 6.45) is 5.38. The van der Waals surface area contributed by atoms with Gasteiger partial charge in [-0.25, -0.2) is 4.98 Å². The minimum Gasteiger partial charge on any atom is -0.366 e. The lowest BCUT2D eigenvalue weighted by molar-refractivity contribution is 1.05. The lowest BCUT2D eigenvalue weighted by Crippen LogP contribution is -2.06. The molecule has 1 aromatic carbocycles. The number of aryl methyl sites for hydroxylation is 1. The number of aromatic nitrogens is 4. The van der Waals surface area contributed by atoms with Crippen molar-refractivity contribution in [2.24, 2.45) is 0 Å². The third-order valence-electron chi connectivity index (χ3n) is 3.93. The molecular formula is C20H18N6. The molecule has 3 heterocycles. The zero-order valence-electron chi connectivity index (χ0n) is 14.3. The van der Waals surface area contributed by atoms with Crippen LogP contribution in [-0.2, 0) is 6.54 Å². The van der Waals surface area contributed by atoms with Crippen LogP contribution in [0.5, 0.6) is 0 Å². The highest BCUT2D eigenvalue weighted by Crippen LogP contribution is 2.23. The van der Waals surface area contributed by atoms with E-state index < -0.39 is 0 Å². The Morgan fingerprint density at radius 1 is 0.962 bits per heavy atom. The molecule has 0 amide bonds. The molecule has 6 nitrogen and oxygen atoms in total. The first-order chi connectivity index (χ1) is 12.8. The van der Waals surface area contributed by atoms with Gasteiger partial charge in [0.2, 0.25) is 5.95 Å². The summed E-state index contributed by atoms with van der Waals surface area (Å²) in [5.41, 5.74) is 3.75. The molecule has 26 heavy (non-hydrogen) atoms. The van der Waals surface area contributed by atoms with Crippen LogP contribution in [0.2, 0.25) is 0 Å². The Kier molecular flexibility index (Phi) is 4.38. The second kappa shape index (κ2) is 7.14. The molecule has 4 rings (SSSR count). The SMILES string of the molecule is Cc1cc(NCc2cccnc2)nc(Nc2cccc3cccnc23)n1. The van der Waals surface area contributed by atoms with Crippen LogP contribution in [0.25, 0.3) is 10.9 Å². The standard InChI is InChI=1S/C20H18N6/c1-14-11-18(23-13-15-5-3-9-21-12-15)26-20(24-14)25-17-8-2-6-16-7-4-10-22-19(16)17/h2-12H,13H2,1H3,(H2,23,24,25,26). The van der Waals surface area contributed by atoms with Crippen molar-refractivity contribution in [1.29, 1.82) is 0 Å². The molecular weight excluding hydrogens is 324 g/mol. The molecule has 0 spiro atoms. The highest BCUT2D eigenvalue weighted by Gasteiger charge is 2.06. The van der Waals surface area contributed by atoms with E-state index in [1.165, 1.54) is 0 Å². The third kappa shape index (κ3) is 3.59. The maximum absolute atomic E-state index is 4.57. The largest absolute Gasteiger partial charge is 0.366 e. The van der Waals surface area contributed by atoms with Crippen LogP contribution in [0.15, 0.2) is 67.1 Å². The molecule has 0 aliphatic heterocycles. The predicted molar refractivity (Wildman–Crippen MR) is 103 cm³/mol. The van der Waals surface area contributed by atoms with Gasteiger partial charge in [-0.2, -0.15) is 4.98 Å². The fraction of sp³-hybridized carbons (Fsp3) is 0.100. The van der Waals surface area contributed by atoms with Crippen molar-refractivity contribution in [3.63, 3.8) is 0 Å². The first kappa shape index (κ1) is 16.0. The van der Waals surface area contributed by atoms with Gasteiger partial charge in [-0.3, -0.25) is 9.97 Å². The summed E-state index contributed by atoms with van der Waals surface area (Å²) in [5, 5.41) is 7.68. The molecule has 0 saturated heterocycles. The topological polar surface area (TPSA) is 75.6 Å². The molecule has 128 valence electrons. The van der Waals surface area contributed by atoms with Crippen LogP contribution < -0.4 is 10.6 Å². The number of benzene rings is 1. The minimum absolute atomic E-state index is 0.539. The Morgan fingerprint density at radius 3 is 2.73 bits per heavy atom.